The SMILES string of the molecule is CN(C)C1=NCN(C)c2n[nH]c(I)c21. The Kier molecular flexibility index (Phi) is 2.38. The monoisotopic (exact) mass is 305 g/mol. The van der Waals surface area contributed by atoms with Crippen LogP contribution in [0.25, 0.3) is 0 Å². The second-order valence-electron chi connectivity index (χ2n) is 3.45. The lowest BCUT2D eigenvalue weighted by Gasteiger charge is -2.25. The number of rotatable bonds is 0. The van der Waals surface area contributed by atoms with Crippen LogP contribution in [-0.2, 0) is 0 Å². The Morgan fingerprint density at radius 2 is 2.21 bits per heavy atom. The molecule has 0 radical (unpaired) electrons. The molecule has 0 unspecified atom stereocenters. The smallest absolute Gasteiger partial charge is 0.163 e. The summed E-state index contributed by atoms with van der Waals surface area (Å²) in [4.78, 5) is 8.53. The van der Waals surface area contributed by atoms with Gasteiger partial charge in [-0.3, -0.25) is 5.10 Å². The van der Waals surface area contributed by atoms with Gasteiger partial charge in [0.25, 0.3) is 0 Å². The van der Waals surface area contributed by atoms with Gasteiger partial charge >= 0.3 is 0 Å². The first-order chi connectivity index (χ1) is 6.61. The molecule has 0 fully saturated rings. The zero-order valence-corrected chi connectivity index (χ0v) is 10.5. The molecule has 0 spiro atoms. The third kappa shape index (κ3) is 1.37. The van der Waals surface area contributed by atoms with Crippen LogP contribution in [0, 0.1) is 3.70 Å². The standard InChI is InChI=1S/C8H12IN5/c1-13(2)7-5-6(9)11-12-8(5)14(3)4-10-7/h4H2,1-3H3,(H,11,12). The lowest BCUT2D eigenvalue weighted by molar-refractivity contribution is 0.614. The molecule has 2 rings (SSSR count). The highest BCUT2D eigenvalue weighted by atomic mass is 127. The predicted molar refractivity (Wildman–Crippen MR) is 64.8 cm³/mol. The van der Waals surface area contributed by atoms with Crippen LogP contribution in [0.3, 0.4) is 0 Å². The van der Waals surface area contributed by atoms with E-state index in [4.69, 9.17) is 0 Å². The molecular weight excluding hydrogens is 293 g/mol. The number of aromatic amines is 1. The number of aliphatic imine (C=N–C) groups is 1. The van der Waals surface area contributed by atoms with Crippen molar-refractivity contribution in [3.05, 3.63) is 9.26 Å². The average molecular weight is 305 g/mol. The number of amidine groups is 1. The second kappa shape index (κ2) is 3.41. The van der Waals surface area contributed by atoms with Crippen LogP contribution < -0.4 is 4.90 Å². The molecule has 6 heteroatoms. The number of hydrogen-bond donors (Lipinski definition) is 1. The maximum atomic E-state index is 4.49. The summed E-state index contributed by atoms with van der Waals surface area (Å²) in [6.45, 7) is 0.668. The third-order valence-corrected chi connectivity index (χ3v) is 2.93. The molecule has 0 saturated heterocycles. The van der Waals surface area contributed by atoms with Crippen LogP contribution in [0.1, 0.15) is 5.56 Å². The van der Waals surface area contributed by atoms with E-state index >= 15 is 0 Å². The van der Waals surface area contributed by atoms with Crippen LogP contribution in [0.5, 0.6) is 0 Å². The van der Waals surface area contributed by atoms with Crippen molar-refractivity contribution in [1.82, 2.24) is 15.1 Å². The quantitative estimate of drug-likeness (QED) is 0.719. The summed E-state index contributed by atoms with van der Waals surface area (Å²) in [5.41, 5.74) is 1.10. The predicted octanol–water partition coefficient (Wildman–Crippen LogP) is 0.730. The first-order valence-electron chi connectivity index (χ1n) is 4.28. The van der Waals surface area contributed by atoms with E-state index in [9.17, 15) is 0 Å². The van der Waals surface area contributed by atoms with Gasteiger partial charge in [-0.05, 0) is 22.6 Å². The van der Waals surface area contributed by atoms with Crippen LogP contribution >= 0.6 is 22.6 Å². The minimum atomic E-state index is 0.668. The summed E-state index contributed by atoms with van der Waals surface area (Å²) in [6, 6.07) is 0. The van der Waals surface area contributed by atoms with Gasteiger partial charge in [-0.2, -0.15) is 5.10 Å². The lowest BCUT2D eigenvalue weighted by Crippen LogP contribution is -2.32. The minimum absolute atomic E-state index is 0.668. The Hall–Kier alpha value is -0.790. The van der Waals surface area contributed by atoms with Gasteiger partial charge in [-0.1, -0.05) is 0 Å². The third-order valence-electron chi connectivity index (χ3n) is 2.14. The molecular formula is C8H12IN5. The molecule has 5 nitrogen and oxygen atoms in total. The molecule has 1 aromatic rings. The Bertz CT molecular complexity index is 381. The van der Waals surface area contributed by atoms with E-state index in [2.05, 4.69) is 37.8 Å². The molecule has 1 aliphatic heterocycles. The minimum Gasteiger partial charge on any atom is -0.362 e. The highest BCUT2D eigenvalue weighted by molar-refractivity contribution is 14.1. The molecule has 2 heterocycles. The number of aromatic nitrogens is 2. The highest BCUT2D eigenvalue weighted by Crippen LogP contribution is 2.25. The molecule has 14 heavy (non-hydrogen) atoms. The molecule has 1 aromatic heterocycles. The van der Waals surface area contributed by atoms with E-state index in [0.717, 1.165) is 20.9 Å². The molecule has 0 atom stereocenters. The van der Waals surface area contributed by atoms with E-state index in [1.165, 1.54) is 0 Å². The molecule has 76 valence electrons. The fraction of sp³-hybridized carbons (Fsp3) is 0.500. The Morgan fingerprint density at radius 1 is 1.50 bits per heavy atom. The van der Waals surface area contributed by atoms with Crippen molar-refractivity contribution >= 4 is 34.2 Å². The van der Waals surface area contributed by atoms with Crippen molar-refractivity contribution in [2.24, 2.45) is 4.99 Å². The van der Waals surface area contributed by atoms with Gasteiger partial charge in [0.2, 0.25) is 0 Å². The summed E-state index contributed by atoms with van der Waals surface area (Å²) in [6.07, 6.45) is 0. The molecule has 0 amide bonds. The van der Waals surface area contributed by atoms with Gasteiger partial charge in [-0.15, -0.1) is 0 Å². The summed E-state index contributed by atoms with van der Waals surface area (Å²) in [5, 5.41) is 7.24. The van der Waals surface area contributed by atoms with Crippen molar-refractivity contribution in [2.45, 2.75) is 0 Å². The zero-order chi connectivity index (χ0) is 10.3. The average Bonchev–Trinajstić information content (AvgIpc) is 2.50. The summed E-state index contributed by atoms with van der Waals surface area (Å²) in [5.74, 6) is 1.98. The van der Waals surface area contributed by atoms with Gasteiger partial charge in [-0.25, -0.2) is 4.99 Å². The van der Waals surface area contributed by atoms with Crippen LogP contribution in [0.15, 0.2) is 4.99 Å². The number of nitrogens with one attached hydrogen (secondary N) is 1. The Labute approximate surface area is 96.3 Å². The fourth-order valence-electron chi connectivity index (χ4n) is 1.47. The van der Waals surface area contributed by atoms with Crippen molar-refractivity contribution in [3.63, 3.8) is 0 Å². The first-order valence-corrected chi connectivity index (χ1v) is 5.36. The number of H-pyrrole nitrogens is 1. The van der Waals surface area contributed by atoms with Gasteiger partial charge in [0.1, 0.15) is 16.2 Å². The first kappa shape index (κ1) is 9.75. The van der Waals surface area contributed by atoms with Gasteiger partial charge in [0, 0.05) is 21.1 Å². The van der Waals surface area contributed by atoms with E-state index in [1.807, 2.05) is 30.9 Å². The molecule has 0 aliphatic carbocycles. The number of hydrogen-bond acceptors (Lipinski definition) is 4. The van der Waals surface area contributed by atoms with E-state index in [0.29, 0.717) is 6.67 Å². The normalized spacial score (nSPS) is 15.1. The van der Waals surface area contributed by atoms with Crippen molar-refractivity contribution in [1.29, 1.82) is 0 Å². The van der Waals surface area contributed by atoms with Gasteiger partial charge in [0.05, 0.1) is 5.56 Å². The maximum absolute atomic E-state index is 4.49. The summed E-state index contributed by atoms with van der Waals surface area (Å²) < 4.78 is 1.04. The van der Waals surface area contributed by atoms with E-state index in [-0.39, 0.29) is 0 Å². The van der Waals surface area contributed by atoms with Crippen molar-refractivity contribution in [2.75, 3.05) is 32.7 Å². The zero-order valence-electron chi connectivity index (χ0n) is 8.37. The second-order valence-corrected chi connectivity index (χ2v) is 4.53. The largest absolute Gasteiger partial charge is 0.362 e. The van der Waals surface area contributed by atoms with Gasteiger partial charge < -0.3 is 9.80 Å². The lowest BCUT2D eigenvalue weighted by atomic mass is 10.2. The summed E-state index contributed by atoms with van der Waals surface area (Å²) >= 11 is 2.24. The van der Waals surface area contributed by atoms with Crippen molar-refractivity contribution < 1.29 is 0 Å². The molecule has 0 aromatic carbocycles. The molecule has 0 bridgehead atoms. The van der Waals surface area contributed by atoms with Crippen molar-refractivity contribution in [3.8, 4) is 0 Å². The molecule has 0 saturated carbocycles. The highest BCUT2D eigenvalue weighted by Gasteiger charge is 2.24. The Morgan fingerprint density at radius 3 is 2.86 bits per heavy atom. The Balaban J connectivity index is 2.54. The van der Waals surface area contributed by atoms with E-state index < -0.39 is 0 Å². The maximum Gasteiger partial charge on any atom is 0.163 e. The number of nitrogens with zero attached hydrogens (tertiary/aromatic N) is 4. The van der Waals surface area contributed by atoms with Gasteiger partial charge in [0.15, 0.2) is 5.82 Å². The molecule has 1 aliphatic rings. The number of fused-ring (bicyclic) bond motifs is 1. The number of anilines is 1. The fourth-order valence-corrected chi connectivity index (χ4v) is 2.07. The van der Waals surface area contributed by atoms with Crippen LogP contribution in [0.2, 0.25) is 0 Å². The summed E-state index contributed by atoms with van der Waals surface area (Å²) in [7, 11) is 5.99. The van der Waals surface area contributed by atoms with Crippen LogP contribution in [0.4, 0.5) is 5.82 Å². The molecule has 1 N–H and O–H groups in total. The van der Waals surface area contributed by atoms with E-state index in [1.54, 1.807) is 0 Å². The number of halogens is 1. The van der Waals surface area contributed by atoms with Crippen LogP contribution in [-0.4, -0.2) is 48.7 Å². The topological polar surface area (TPSA) is 47.5 Å².